The van der Waals surface area contributed by atoms with Crippen LogP contribution in [0.5, 0.6) is 5.75 Å². The van der Waals surface area contributed by atoms with Crippen LogP contribution in [-0.2, 0) is 13.6 Å². The monoisotopic (exact) mass is 333 g/mol. The van der Waals surface area contributed by atoms with Crippen molar-refractivity contribution >= 4 is 21.8 Å². The van der Waals surface area contributed by atoms with E-state index in [9.17, 15) is 4.79 Å². The number of rotatable bonds is 3. The van der Waals surface area contributed by atoms with Gasteiger partial charge in [-0.25, -0.2) is 4.68 Å². The van der Waals surface area contributed by atoms with E-state index >= 15 is 0 Å². The fraction of sp³-hybridized carbons (Fsp3) is 0.200. The summed E-state index contributed by atoms with van der Waals surface area (Å²) in [6.07, 6.45) is 1.78. The topological polar surface area (TPSA) is 49.1 Å². The van der Waals surface area contributed by atoms with Gasteiger partial charge in [0.25, 0.3) is 5.56 Å². The van der Waals surface area contributed by atoms with Gasteiger partial charge in [0.05, 0.1) is 25.4 Å². The zero-order valence-electron chi connectivity index (χ0n) is 14.5. The number of methoxy groups -OCH3 is 1. The first kappa shape index (κ1) is 15.4. The van der Waals surface area contributed by atoms with Gasteiger partial charge in [-0.2, -0.15) is 5.10 Å². The maximum atomic E-state index is 13.0. The number of hydrogen-bond donors (Lipinski definition) is 0. The lowest BCUT2D eigenvalue weighted by Crippen LogP contribution is -2.24. The molecule has 2 aromatic heterocycles. The molecule has 2 heterocycles. The Bertz CT molecular complexity index is 1150. The second-order valence-corrected chi connectivity index (χ2v) is 6.24. The number of benzene rings is 2. The zero-order chi connectivity index (χ0) is 17.6. The van der Waals surface area contributed by atoms with E-state index in [-0.39, 0.29) is 5.56 Å². The molecule has 5 nitrogen and oxygen atoms in total. The predicted molar refractivity (Wildman–Crippen MR) is 99.3 cm³/mol. The quantitative estimate of drug-likeness (QED) is 0.578. The molecule has 4 aromatic rings. The lowest BCUT2D eigenvalue weighted by Gasteiger charge is -2.08. The number of fused-ring (bicyclic) bond motifs is 3. The van der Waals surface area contributed by atoms with Crippen LogP contribution in [0.15, 0.2) is 53.5 Å². The minimum absolute atomic E-state index is 0.0848. The molecule has 0 saturated heterocycles. The van der Waals surface area contributed by atoms with Gasteiger partial charge in [-0.15, -0.1) is 0 Å². The number of hydrogen-bond acceptors (Lipinski definition) is 3. The molecule has 0 fully saturated rings. The highest BCUT2D eigenvalue weighted by Gasteiger charge is 2.15. The lowest BCUT2D eigenvalue weighted by atomic mass is 10.1. The first-order chi connectivity index (χ1) is 12.1. The molecular formula is C20H19N3O2. The van der Waals surface area contributed by atoms with Crippen molar-refractivity contribution in [3.63, 3.8) is 0 Å². The molecule has 126 valence electrons. The van der Waals surface area contributed by atoms with E-state index in [1.54, 1.807) is 13.3 Å². The zero-order valence-corrected chi connectivity index (χ0v) is 14.5. The SMILES string of the molecule is COc1ccc2c3cnn(Cc4ccccc4C)c(=O)c3n(C)c2c1. The van der Waals surface area contributed by atoms with Gasteiger partial charge in [-0.3, -0.25) is 4.79 Å². The average molecular weight is 333 g/mol. The van der Waals surface area contributed by atoms with Gasteiger partial charge in [-0.05, 0) is 30.2 Å². The summed E-state index contributed by atoms with van der Waals surface area (Å²) < 4.78 is 8.76. The number of nitrogens with zero attached hydrogens (tertiary/aromatic N) is 3. The molecule has 25 heavy (non-hydrogen) atoms. The van der Waals surface area contributed by atoms with E-state index in [4.69, 9.17) is 4.74 Å². The minimum Gasteiger partial charge on any atom is -0.497 e. The van der Waals surface area contributed by atoms with E-state index in [1.807, 2.05) is 61.0 Å². The largest absolute Gasteiger partial charge is 0.497 e. The third-order valence-corrected chi connectivity index (χ3v) is 4.79. The molecule has 2 aromatic carbocycles. The Morgan fingerprint density at radius 3 is 2.68 bits per heavy atom. The number of aromatic nitrogens is 3. The first-order valence-corrected chi connectivity index (χ1v) is 8.17. The van der Waals surface area contributed by atoms with Gasteiger partial charge < -0.3 is 9.30 Å². The second kappa shape index (κ2) is 5.77. The highest BCUT2D eigenvalue weighted by molar-refractivity contribution is 6.07. The third kappa shape index (κ3) is 2.39. The lowest BCUT2D eigenvalue weighted by molar-refractivity contribution is 0.415. The van der Waals surface area contributed by atoms with Crippen molar-refractivity contribution in [2.24, 2.45) is 7.05 Å². The fourth-order valence-corrected chi connectivity index (χ4v) is 3.33. The molecule has 0 atom stereocenters. The van der Waals surface area contributed by atoms with Gasteiger partial charge in [0.15, 0.2) is 0 Å². The summed E-state index contributed by atoms with van der Waals surface area (Å²) >= 11 is 0. The summed E-state index contributed by atoms with van der Waals surface area (Å²) in [6.45, 7) is 2.51. The molecule has 0 unspecified atom stereocenters. The van der Waals surface area contributed by atoms with Crippen LogP contribution in [0.25, 0.3) is 21.8 Å². The van der Waals surface area contributed by atoms with Crippen LogP contribution in [0, 0.1) is 6.92 Å². The third-order valence-electron chi connectivity index (χ3n) is 4.79. The van der Waals surface area contributed by atoms with E-state index in [0.717, 1.165) is 33.2 Å². The van der Waals surface area contributed by atoms with E-state index < -0.39 is 0 Å². The summed E-state index contributed by atoms with van der Waals surface area (Å²) in [5.41, 5.74) is 3.78. The number of ether oxygens (including phenoxy) is 1. The predicted octanol–water partition coefficient (Wildman–Crippen LogP) is 3.25. The maximum absolute atomic E-state index is 13.0. The molecular weight excluding hydrogens is 314 g/mol. The molecule has 0 saturated carbocycles. The Hall–Kier alpha value is -3.08. The Labute approximate surface area is 145 Å². The molecule has 4 rings (SSSR count). The molecule has 0 N–H and O–H groups in total. The Morgan fingerprint density at radius 1 is 1.12 bits per heavy atom. The molecule has 5 heteroatoms. The summed E-state index contributed by atoms with van der Waals surface area (Å²) in [4.78, 5) is 13.0. The van der Waals surface area contributed by atoms with Gasteiger partial charge >= 0.3 is 0 Å². The van der Waals surface area contributed by atoms with Crippen molar-refractivity contribution in [1.29, 1.82) is 0 Å². The van der Waals surface area contributed by atoms with Crippen molar-refractivity contribution in [3.8, 4) is 5.75 Å². The Morgan fingerprint density at radius 2 is 1.92 bits per heavy atom. The molecule has 0 spiro atoms. The molecule has 0 aliphatic rings. The highest BCUT2D eigenvalue weighted by Crippen LogP contribution is 2.28. The van der Waals surface area contributed by atoms with Crippen molar-refractivity contribution in [3.05, 3.63) is 70.1 Å². The Kier molecular flexibility index (Phi) is 3.57. The average Bonchev–Trinajstić information content (AvgIpc) is 2.91. The summed E-state index contributed by atoms with van der Waals surface area (Å²) in [6, 6.07) is 13.9. The van der Waals surface area contributed by atoms with Crippen LogP contribution in [-0.4, -0.2) is 21.5 Å². The molecule has 0 aliphatic carbocycles. The maximum Gasteiger partial charge on any atom is 0.291 e. The van der Waals surface area contributed by atoms with Crippen LogP contribution in [0.3, 0.4) is 0 Å². The summed E-state index contributed by atoms with van der Waals surface area (Å²) in [7, 11) is 3.55. The van der Waals surface area contributed by atoms with Crippen LogP contribution in [0.2, 0.25) is 0 Å². The first-order valence-electron chi connectivity index (χ1n) is 8.17. The van der Waals surface area contributed by atoms with Crippen molar-refractivity contribution in [1.82, 2.24) is 14.3 Å². The van der Waals surface area contributed by atoms with E-state index in [1.165, 1.54) is 4.68 Å². The Balaban J connectivity index is 1.93. The van der Waals surface area contributed by atoms with Crippen molar-refractivity contribution < 1.29 is 4.74 Å². The van der Waals surface area contributed by atoms with Gasteiger partial charge in [0.2, 0.25) is 0 Å². The molecule has 0 aliphatic heterocycles. The smallest absolute Gasteiger partial charge is 0.291 e. The van der Waals surface area contributed by atoms with Gasteiger partial charge in [0, 0.05) is 23.9 Å². The normalized spacial score (nSPS) is 11.3. The van der Waals surface area contributed by atoms with Crippen LogP contribution in [0.4, 0.5) is 0 Å². The van der Waals surface area contributed by atoms with Gasteiger partial charge in [-0.1, -0.05) is 24.3 Å². The van der Waals surface area contributed by atoms with Crippen molar-refractivity contribution in [2.75, 3.05) is 7.11 Å². The summed E-state index contributed by atoms with van der Waals surface area (Å²) in [5, 5.41) is 6.28. The fourth-order valence-electron chi connectivity index (χ4n) is 3.33. The number of aryl methyl sites for hydroxylation is 2. The van der Waals surface area contributed by atoms with E-state index in [2.05, 4.69) is 5.10 Å². The molecule has 0 bridgehead atoms. The van der Waals surface area contributed by atoms with Crippen LogP contribution < -0.4 is 10.3 Å². The summed E-state index contributed by atoms with van der Waals surface area (Å²) in [5.74, 6) is 0.770. The van der Waals surface area contributed by atoms with Crippen molar-refractivity contribution in [2.45, 2.75) is 13.5 Å². The molecule has 0 radical (unpaired) electrons. The molecule has 0 amide bonds. The second-order valence-electron chi connectivity index (χ2n) is 6.24. The standard InChI is InChI=1S/C20H19N3O2/c1-13-6-4-5-7-14(13)12-23-20(24)19-17(11-21-23)16-9-8-15(25-3)10-18(16)22(19)2/h4-11H,12H2,1-3H3. The van der Waals surface area contributed by atoms with Gasteiger partial charge in [0.1, 0.15) is 11.3 Å². The van der Waals surface area contributed by atoms with E-state index in [0.29, 0.717) is 12.1 Å². The highest BCUT2D eigenvalue weighted by atomic mass is 16.5. The minimum atomic E-state index is -0.0848. The van der Waals surface area contributed by atoms with Crippen LogP contribution in [0.1, 0.15) is 11.1 Å². The van der Waals surface area contributed by atoms with Crippen LogP contribution >= 0.6 is 0 Å².